The van der Waals surface area contributed by atoms with Gasteiger partial charge in [0.2, 0.25) is 0 Å². The van der Waals surface area contributed by atoms with Crippen LogP contribution in [0.15, 0.2) is 0 Å². The summed E-state index contributed by atoms with van der Waals surface area (Å²) < 4.78 is 0. The van der Waals surface area contributed by atoms with E-state index in [1.807, 2.05) is 0 Å². The predicted molar refractivity (Wildman–Crippen MR) is 60.8 cm³/mol. The maximum atomic E-state index is 5.84. The summed E-state index contributed by atoms with van der Waals surface area (Å²) in [5, 5.41) is 0. The average molecular weight is 185 g/mol. The molecule has 1 heteroatoms. The molecule has 0 aromatic carbocycles. The number of rotatable bonds is 8. The van der Waals surface area contributed by atoms with Gasteiger partial charge < -0.3 is 5.73 Å². The third kappa shape index (κ3) is 8.29. The van der Waals surface area contributed by atoms with E-state index in [4.69, 9.17) is 5.73 Å². The molecule has 0 saturated heterocycles. The van der Waals surface area contributed by atoms with Crippen LogP contribution in [-0.4, -0.2) is 6.04 Å². The highest BCUT2D eigenvalue weighted by atomic mass is 14.6. The maximum absolute atomic E-state index is 5.84. The standard InChI is InChI=1S/C12H27N/c1-4-6-8-12(9-7-5-2)10-11(3)13/h11-12H,4-10,13H2,1-3H3. The van der Waals surface area contributed by atoms with Crippen LogP contribution in [0.2, 0.25) is 0 Å². The van der Waals surface area contributed by atoms with Gasteiger partial charge in [0.05, 0.1) is 0 Å². The zero-order chi connectivity index (χ0) is 10.1. The van der Waals surface area contributed by atoms with Gasteiger partial charge in [0.15, 0.2) is 0 Å². The van der Waals surface area contributed by atoms with Crippen molar-refractivity contribution in [3.05, 3.63) is 0 Å². The van der Waals surface area contributed by atoms with Gasteiger partial charge in [0, 0.05) is 6.04 Å². The molecule has 0 radical (unpaired) electrons. The molecule has 0 aromatic heterocycles. The Kier molecular flexibility index (Phi) is 8.53. The van der Waals surface area contributed by atoms with Gasteiger partial charge in [-0.05, 0) is 19.3 Å². The van der Waals surface area contributed by atoms with Gasteiger partial charge in [0.1, 0.15) is 0 Å². The Morgan fingerprint density at radius 2 is 1.46 bits per heavy atom. The molecule has 0 fully saturated rings. The van der Waals surface area contributed by atoms with Gasteiger partial charge in [-0.3, -0.25) is 0 Å². The van der Waals surface area contributed by atoms with E-state index in [0.717, 1.165) is 5.92 Å². The van der Waals surface area contributed by atoms with Gasteiger partial charge in [-0.25, -0.2) is 0 Å². The second-order valence-corrected chi connectivity index (χ2v) is 4.36. The molecule has 0 aliphatic heterocycles. The first-order chi connectivity index (χ1) is 6.20. The first kappa shape index (κ1) is 13.0. The normalized spacial score (nSPS) is 13.6. The molecule has 2 N–H and O–H groups in total. The molecule has 1 unspecified atom stereocenters. The minimum atomic E-state index is 0.388. The Morgan fingerprint density at radius 1 is 1.00 bits per heavy atom. The van der Waals surface area contributed by atoms with Crippen LogP contribution in [-0.2, 0) is 0 Å². The molecule has 0 spiro atoms. The summed E-state index contributed by atoms with van der Waals surface area (Å²) in [6.07, 6.45) is 9.39. The Balaban J connectivity index is 3.60. The van der Waals surface area contributed by atoms with Crippen molar-refractivity contribution in [3.63, 3.8) is 0 Å². The van der Waals surface area contributed by atoms with Crippen molar-refractivity contribution in [2.24, 2.45) is 11.7 Å². The van der Waals surface area contributed by atoms with Crippen LogP contribution in [0.5, 0.6) is 0 Å². The third-order valence-corrected chi connectivity index (χ3v) is 2.64. The quantitative estimate of drug-likeness (QED) is 0.613. The third-order valence-electron chi connectivity index (χ3n) is 2.64. The first-order valence-corrected chi connectivity index (χ1v) is 5.96. The summed E-state index contributed by atoms with van der Waals surface area (Å²) >= 11 is 0. The maximum Gasteiger partial charge on any atom is 0.00131 e. The van der Waals surface area contributed by atoms with E-state index in [1.165, 1.54) is 44.9 Å². The molecule has 1 atom stereocenters. The van der Waals surface area contributed by atoms with Gasteiger partial charge >= 0.3 is 0 Å². The van der Waals surface area contributed by atoms with Crippen molar-refractivity contribution in [1.29, 1.82) is 0 Å². The molecule has 0 rings (SSSR count). The average Bonchev–Trinajstić information content (AvgIpc) is 2.09. The number of unbranched alkanes of at least 4 members (excludes halogenated alkanes) is 2. The summed E-state index contributed by atoms with van der Waals surface area (Å²) in [6.45, 7) is 6.66. The number of hydrogen-bond donors (Lipinski definition) is 1. The van der Waals surface area contributed by atoms with E-state index in [0.29, 0.717) is 6.04 Å². The molecule has 0 heterocycles. The molecule has 80 valence electrons. The van der Waals surface area contributed by atoms with Crippen LogP contribution in [0.1, 0.15) is 65.7 Å². The van der Waals surface area contributed by atoms with Crippen LogP contribution >= 0.6 is 0 Å². The van der Waals surface area contributed by atoms with E-state index in [2.05, 4.69) is 20.8 Å². The van der Waals surface area contributed by atoms with Crippen molar-refractivity contribution in [1.82, 2.24) is 0 Å². The second kappa shape index (κ2) is 8.55. The summed E-state index contributed by atoms with van der Waals surface area (Å²) in [5.41, 5.74) is 5.84. The zero-order valence-electron chi connectivity index (χ0n) is 9.68. The highest BCUT2D eigenvalue weighted by Gasteiger charge is 2.09. The highest BCUT2D eigenvalue weighted by molar-refractivity contribution is 4.65. The van der Waals surface area contributed by atoms with E-state index >= 15 is 0 Å². The van der Waals surface area contributed by atoms with Crippen LogP contribution < -0.4 is 5.73 Å². The van der Waals surface area contributed by atoms with Gasteiger partial charge in [-0.2, -0.15) is 0 Å². The predicted octanol–water partition coefficient (Wildman–Crippen LogP) is 3.72. The lowest BCUT2D eigenvalue weighted by Gasteiger charge is -2.18. The minimum absolute atomic E-state index is 0.388. The van der Waals surface area contributed by atoms with Crippen molar-refractivity contribution < 1.29 is 0 Å². The summed E-state index contributed by atoms with van der Waals surface area (Å²) in [4.78, 5) is 0. The van der Waals surface area contributed by atoms with E-state index in [-0.39, 0.29) is 0 Å². The van der Waals surface area contributed by atoms with Crippen LogP contribution in [0.4, 0.5) is 0 Å². The summed E-state index contributed by atoms with van der Waals surface area (Å²) in [5.74, 6) is 0.889. The van der Waals surface area contributed by atoms with E-state index in [1.54, 1.807) is 0 Å². The van der Waals surface area contributed by atoms with Gasteiger partial charge in [-0.1, -0.05) is 52.4 Å². The fraction of sp³-hybridized carbons (Fsp3) is 1.00. The first-order valence-electron chi connectivity index (χ1n) is 5.96. The Hall–Kier alpha value is -0.0400. The minimum Gasteiger partial charge on any atom is -0.328 e. The number of nitrogens with two attached hydrogens (primary N) is 1. The van der Waals surface area contributed by atoms with Gasteiger partial charge in [0.25, 0.3) is 0 Å². The van der Waals surface area contributed by atoms with Crippen LogP contribution in [0.3, 0.4) is 0 Å². The van der Waals surface area contributed by atoms with Crippen molar-refractivity contribution in [2.45, 2.75) is 71.8 Å². The van der Waals surface area contributed by atoms with Crippen LogP contribution in [0.25, 0.3) is 0 Å². The zero-order valence-corrected chi connectivity index (χ0v) is 9.68. The van der Waals surface area contributed by atoms with Gasteiger partial charge in [-0.15, -0.1) is 0 Å². The monoisotopic (exact) mass is 185 g/mol. The summed E-state index contributed by atoms with van der Waals surface area (Å²) in [6, 6.07) is 0.388. The smallest absolute Gasteiger partial charge is 0.00131 e. The van der Waals surface area contributed by atoms with Crippen molar-refractivity contribution in [2.75, 3.05) is 0 Å². The lowest BCUT2D eigenvalue weighted by atomic mass is 9.90. The molecule has 0 saturated carbocycles. The molecule has 0 aliphatic carbocycles. The molecular formula is C12H27N. The lowest BCUT2D eigenvalue weighted by molar-refractivity contribution is 0.370. The molecule has 13 heavy (non-hydrogen) atoms. The Morgan fingerprint density at radius 3 is 1.77 bits per heavy atom. The fourth-order valence-electron chi connectivity index (χ4n) is 1.89. The van der Waals surface area contributed by atoms with E-state index in [9.17, 15) is 0 Å². The topological polar surface area (TPSA) is 26.0 Å². The van der Waals surface area contributed by atoms with Crippen molar-refractivity contribution >= 4 is 0 Å². The molecule has 0 amide bonds. The fourth-order valence-corrected chi connectivity index (χ4v) is 1.89. The number of hydrogen-bond acceptors (Lipinski definition) is 1. The highest BCUT2D eigenvalue weighted by Crippen LogP contribution is 2.20. The largest absolute Gasteiger partial charge is 0.328 e. The van der Waals surface area contributed by atoms with Crippen LogP contribution in [0, 0.1) is 5.92 Å². The lowest BCUT2D eigenvalue weighted by Crippen LogP contribution is -2.19. The summed E-state index contributed by atoms with van der Waals surface area (Å²) in [7, 11) is 0. The second-order valence-electron chi connectivity index (χ2n) is 4.36. The SMILES string of the molecule is CCCCC(CCCC)CC(C)N. The molecule has 0 aliphatic rings. The van der Waals surface area contributed by atoms with E-state index < -0.39 is 0 Å². The molecule has 1 nitrogen and oxygen atoms in total. The molecular weight excluding hydrogens is 158 g/mol. The molecule has 0 bridgehead atoms. The Bertz CT molecular complexity index is 91.3. The Labute approximate surface area is 84.1 Å². The van der Waals surface area contributed by atoms with Crippen molar-refractivity contribution in [3.8, 4) is 0 Å². The molecule has 0 aromatic rings.